The number of anilines is 1. The van der Waals surface area contributed by atoms with Gasteiger partial charge in [0.25, 0.3) is 5.91 Å². The molecular formula is C62H93N3O16S5. The minimum absolute atomic E-state index is 0.108. The number of hydrogen-bond donors (Lipinski definition) is 2. The predicted molar refractivity (Wildman–Crippen MR) is 350 cm³/mol. The number of benzene rings is 2. The van der Waals surface area contributed by atoms with Crippen LogP contribution in [0, 0.1) is 5.92 Å². The maximum Gasteiger partial charge on any atom is 0.349 e. The van der Waals surface area contributed by atoms with Crippen molar-refractivity contribution in [2.75, 3.05) is 130 Å². The number of fused-ring (bicyclic) bond motifs is 1. The summed E-state index contributed by atoms with van der Waals surface area (Å²) in [7, 11) is 0. The van der Waals surface area contributed by atoms with Crippen molar-refractivity contribution in [3.63, 3.8) is 0 Å². The summed E-state index contributed by atoms with van der Waals surface area (Å²) in [6, 6.07) is 12.1. The Bertz CT molecular complexity index is 2480. The van der Waals surface area contributed by atoms with Gasteiger partial charge in [-0.15, -0.1) is 0 Å². The van der Waals surface area contributed by atoms with E-state index in [-0.39, 0.29) is 135 Å². The smallest absolute Gasteiger partial charge is 0.349 e. The predicted octanol–water partition coefficient (Wildman–Crippen LogP) is 10.3. The second-order valence-electron chi connectivity index (χ2n) is 19.5. The first-order chi connectivity index (χ1) is 41.7. The van der Waals surface area contributed by atoms with E-state index in [9.17, 15) is 38.4 Å². The van der Waals surface area contributed by atoms with Gasteiger partial charge in [0.2, 0.25) is 5.91 Å². The zero-order chi connectivity index (χ0) is 62.7. The van der Waals surface area contributed by atoms with Gasteiger partial charge in [0.15, 0.2) is 5.78 Å². The molecule has 0 aliphatic rings. The van der Waals surface area contributed by atoms with Crippen molar-refractivity contribution in [1.82, 2.24) is 10.6 Å². The zero-order valence-electron chi connectivity index (χ0n) is 51.5. The normalized spacial score (nSPS) is 12.2. The number of nitrogens with one attached hydrogen (secondary N) is 2. The first-order valence-electron chi connectivity index (χ1n) is 30.2. The summed E-state index contributed by atoms with van der Waals surface area (Å²) in [5.41, 5.74) is 0.719. The number of thioether (sulfide) groups is 5. The highest BCUT2D eigenvalue weighted by molar-refractivity contribution is 8.03. The Hall–Kier alpha value is -4.75. The molecule has 0 bridgehead atoms. The molecule has 0 fully saturated rings. The first-order valence-corrected chi connectivity index (χ1v) is 35.7. The van der Waals surface area contributed by atoms with E-state index < -0.39 is 17.5 Å². The Morgan fingerprint density at radius 2 is 1.13 bits per heavy atom. The molecule has 24 heteroatoms. The number of esters is 4. The number of carbonyl (C=O) groups is 7. The highest BCUT2D eigenvalue weighted by atomic mass is 32.2. The summed E-state index contributed by atoms with van der Waals surface area (Å²) in [5, 5.41) is 6.30. The quantitative estimate of drug-likeness (QED) is 0.0176. The molecule has 0 saturated heterocycles. The molecule has 1 aromatic heterocycles. The molecule has 0 radical (unpaired) electrons. The summed E-state index contributed by atoms with van der Waals surface area (Å²) in [5.74, 6) is 2.62. The van der Waals surface area contributed by atoms with E-state index in [0.29, 0.717) is 95.2 Å². The Labute approximate surface area is 530 Å². The molecule has 3 aromatic rings. The van der Waals surface area contributed by atoms with Crippen LogP contribution in [0.4, 0.5) is 5.69 Å². The molecule has 1 heterocycles. The number of ether oxygens (including phenoxy) is 7. The number of unbranched alkanes of at least 4 members (excludes halogenated alkanes) is 1. The maximum atomic E-state index is 14.7. The fraction of sp³-hybridized carbons (Fsp3) is 0.645. The van der Waals surface area contributed by atoms with Gasteiger partial charge < -0.3 is 53.1 Å². The standard InChI is InChI=1S/C62H93N3O16S5/c1-8-23-74-24-17-29-82-30-22-64-60(71)46(18-15-16-21-63-61(72)53-37-45-19-20-48(65(13-6)14-7)39-55(45)81-62(53)73)38-54(66)47-35-49(79-41-51(85-33-27-77-58(69)11-4)43-83-31-25-75-56(67)9-2)40-50(36-47)80-42-52(86-34-28-78-59(70)12-5)44-84-32-26-76-57(68)10-3/h19-20,35-37,39-40,46,51-52H,8-18,21-34,38,41-44H2,1-7H3,(H,63,72)(H,64,71). The highest BCUT2D eigenvalue weighted by Crippen LogP contribution is 2.29. The van der Waals surface area contributed by atoms with Gasteiger partial charge in [0, 0.05) is 157 Å². The lowest BCUT2D eigenvalue weighted by molar-refractivity contribution is -0.143. The molecule has 19 nitrogen and oxygen atoms in total. The van der Waals surface area contributed by atoms with Crippen LogP contribution in [0.25, 0.3) is 11.0 Å². The Kier molecular flexibility index (Phi) is 40.7. The number of carbonyl (C=O) groups excluding carboxylic acids is 7. The monoisotopic (exact) mass is 1300 g/mol. The molecule has 2 amide bonds. The summed E-state index contributed by atoms with van der Waals surface area (Å²) in [6.45, 7) is 18.0. The van der Waals surface area contributed by atoms with Crippen LogP contribution in [-0.4, -0.2) is 177 Å². The average molecular weight is 1300 g/mol. The Morgan fingerprint density at radius 1 is 0.570 bits per heavy atom. The van der Waals surface area contributed by atoms with Crippen molar-refractivity contribution in [3.05, 3.63) is 64.0 Å². The molecule has 0 aliphatic heterocycles. The van der Waals surface area contributed by atoms with E-state index in [1.807, 2.05) is 26.0 Å². The molecule has 0 aliphatic carbocycles. The largest absolute Gasteiger partial charge is 0.492 e. The summed E-state index contributed by atoms with van der Waals surface area (Å²) < 4.78 is 45.5. The van der Waals surface area contributed by atoms with Gasteiger partial charge in [0.1, 0.15) is 62.3 Å². The van der Waals surface area contributed by atoms with Crippen LogP contribution in [0.5, 0.6) is 11.5 Å². The second-order valence-corrected chi connectivity index (χ2v) is 25.9. The van der Waals surface area contributed by atoms with Crippen LogP contribution >= 0.6 is 58.8 Å². The average Bonchev–Trinajstić information content (AvgIpc) is 2.04. The first kappa shape index (κ1) is 75.5. The molecule has 86 heavy (non-hydrogen) atoms. The lowest BCUT2D eigenvalue weighted by Crippen LogP contribution is -2.34. The third-order valence-corrected chi connectivity index (χ3v) is 18.9. The van der Waals surface area contributed by atoms with E-state index in [0.717, 1.165) is 44.0 Å². The lowest BCUT2D eigenvalue weighted by Gasteiger charge is -2.21. The van der Waals surface area contributed by atoms with Crippen LogP contribution in [0.15, 0.2) is 51.7 Å². The van der Waals surface area contributed by atoms with Crippen LogP contribution in [-0.2, 0) is 47.7 Å². The van der Waals surface area contributed by atoms with Gasteiger partial charge in [-0.25, -0.2) is 4.79 Å². The van der Waals surface area contributed by atoms with Crippen molar-refractivity contribution in [2.45, 2.75) is 123 Å². The molecule has 3 unspecified atom stereocenters. The number of hydrogen-bond acceptors (Lipinski definition) is 22. The van der Waals surface area contributed by atoms with E-state index in [4.69, 9.17) is 37.6 Å². The Morgan fingerprint density at radius 3 is 1.66 bits per heavy atom. The van der Waals surface area contributed by atoms with Gasteiger partial charge in [0.05, 0.1) is 0 Å². The minimum atomic E-state index is -0.742. The van der Waals surface area contributed by atoms with Crippen molar-refractivity contribution in [3.8, 4) is 11.5 Å². The van der Waals surface area contributed by atoms with E-state index >= 15 is 0 Å². The number of nitrogens with zero attached hydrogens (tertiary/aromatic N) is 1. The molecule has 2 aromatic carbocycles. The van der Waals surface area contributed by atoms with E-state index in [1.165, 1.54) is 6.07 Å². The van der Waals surface area contributed by atoms with Crippen molar-refractivity contribution in [2.24, 2.45) is 5.92 Å². The van der Waals surface area contributed by atoms with E-state index in [2.05, 4.69) is 22.5 Å². The van der Waals surface area contributed by atoms with Crippen molar-refractivity contribution >= 4 is 117 Å². The van der Waals surface area contributed by atoms with Crippen molar-refractivity contribution < 1.29 is 71.1 Å². The number of rotatable bonds is 50. The fourth-order valence-corrected chi connectivity index (χ4v) is 13.0. The van der Waals surface area contributed by atoms with Gasteiger partial charge in [-0.2, -0.15) is 58.8 Å². The SMILES string of the molecule is CCCOCCCSCCNC(=O)C(CCCCNC(=O)c1cc2ccc(N(CC)CC)cc2oc1=O)CC(=O)c1cc(OCC(CSCCOC(=O)CC)SCCOC(=O)CC)cc(OCC(CSCCOC(=O)CC)SCCOC(=O)CC)c1. The highest BCUT2D eigenvalue weighted by Gasteiger charge is 2.25. The fourth-order valence-electron chi connectivity index (χ4n) is 8.10. The molecule has 3 rings (SSSR count). The van der Waals surface area contributed by atoms with Gasteiger partial charge in [-0.1, -0.05) is 41.0 Å². The minimum Gasteiger partial charge on any atom is -0.492 e. The zero-order valence-corrected chi connectivity index (χ0v) is 55.6. The number of ketones is 1. The van der Waals surface area contributed by atoms with Gasteiger partial charge in [-0.3, -0.25) is 33.6 Å². The van der Waals surface area contributed by atoms with Crippen LogP contribution in [0.2, 0.25) is 0 Å². The number of Topliss-reactive ketones (excluding diaryl/α,β-unsaturated/α-hetero) is 1. The third kappa shape index (κ3) is 31.9. The van der Waals surface area contributed by atoms with Crippen molar-refractivity contribution in [1.29, 1.82) is 0 Å². The molecule has 482 valence electrons. The maximum absolute atomic E-state index is 14.7. The number of amides is 2. The van der Waals surface area contributed by atoms with Gasteiger partial charge >= 0.3 is 29.5 Å². The molecule has 2 N–H and O–H groups in total. The molecular weight excluding hydrogens is 1200 g/mol. The van der Waals surface area contributed by atoms with Gasteiger partial charge in [-0.05, 0) is 75.6 Å². The molecule has 0 spiro atoms. The second kappa shape index (κ2) is 46.4. The van der Waals surface area contributed by atoms with Crippen LogP contribution in [0.1, 0.15) is 133 Å². The van der Waals surface area contributed by atoms with Crippen LogP contribution < -0.4 is 30.6 Å². The van der Waals surface area contributed by atoms with E-state index in [1.54, 1.807) is 111 Å². The lowest BCUT2D eigenvalue weighted by atomic mass is 9.92. The third-order valence-electron chi connectivity index (χ3n) is 12.8. The summed E-state index contributed by atoms with van der Waals surface area (Å²) in [4.78, 5) is 105. The van der Waals surface area contributed by atoms with Crippen LogP contribution in [0.3, 0.4) is 0 Å². The molecule has 3 atom stereocenters. The summed E-state index contributed by atoms with van der Waals surface area (Å²) >= 11 is 8.04. The Balaban J connectivity index is 1.89. The topological polar surface area (TPSA) is 242 Å². The summed E-state index contributed by atoms with van der Waals surface area (Å²) in [6.07, 6.45) is 4.06. The molecule has 0 saturated carbocycles.